The van der Waals surface area contributed by atoms with Gasteiger partial charge in [0, 0.05) is 25.6 Å². The van der Waals surface area contributed by atoms with Crippen LogP contribution in [0.15, 0.2) is 0 Å². The summed E-state index contributed by atoms with van der Waals surface area (Å²) in [7, 11) is -3.18. The number of rotatable bonds is 8. The van der Waals surface area contributed by atoms with Gasteiger partial charge in [-0.25, -0.2) is 12.7 Å². The summed E-state index contributed by atoms with van der Waals surface area (Å²) in [6.07, 6.45) is 8.46. The molecule has 0 heterocycles. The number of nitrogens with one attached hydrogen (secondary N) is 1. The Hall–Kier alpha value is -0.620. The topological polar surface area (TPSA) is 66.5 Å². The van der Waals surface area contributed by atoms with Crippen LogP contribution in [0.1, 0.15) is 51.9 Å². The van der Waals surface area contributed by atoms with Gasteiger partial charge in [0.05, 0.1) is 6.26 Å². The summed E-state index contributed by atoms with van der Waals surface area (Å²) in [6, 6.07) is 0. The molecule has 0 aliphatic heterocycles. The highest BCUT2D eigenvalue weighted by atomic mass is 32.2. The first-order valence-corrected chi connectivity index (χ1v) is 9.52. The second-order valence-electron chi connectivity index (χ2n) is 5.64. The number of unbranched alkanes of at least 4 members (excludes halogenated alkanes) is 1. The van der Waals surface area contributed by atoms with Gasteiger partial charge in [-0.2, -0.15) is 0 Å². The van der Waals surface area contributed by atoms with E-state index in [4.69, 9.17) is 0 Å². The number of carbonyl (C=O) groups excluding carboxylic acids is 1. The van der Waals surface area contributed by atoms with E-state index < -0.39 is 10.0 Å². The van der Waals surface area contributed by atoms with Crippen LogP contribution in [-0.4, -0.2) is 44.5 Å². The molecular formula is C14H28N2O3S. The van der Waals surface area contributed by atoms with Crippen molar-refractivity contribution in [2.75, 3.05) is 25.9 Å². The maximum Gasteiger partial charge on any atom is 0.223 e. The van der Waals surface area contributed by atoms with Crippen LogP contribution in [0, 0.1) is 5.92 Å². The van der Waals surface area contributed by atoms with Crippen molar-refractivity contribution in [2.45, 2.75) is 51.9 Å². The summed E-state index contributed by atoms with van der Waals surface area (Å²) in [5, 5.41) is 2.89. The Morgan fingerprint density at radius 2 is 1.85 bits per heavy atom. The predicted molar refractivity (Wildman–Crippen MR) is 80.9 cm³/mol. The second kappa shape index (κ2) is 8.62. The molecule has 0 aromatic heterocycles. The van der Waals surface area contributed by atoms with Gasteiger partial charge in [0.1, 0.15) is 0 Å². The minimum Gasteiger partial charge on any atom is -0.355 e. The molecule has 1 aliphatic carbocycles. The van der Waals surface area contributed by atoms with Crippen LogP contribution < -0.4 is 5.32 Å². The molecule has 1 aliphatic rings. The average Bonchev–Trinajstić information content (AvgIpc) is 2.42. The summed E-state index contributed by atoms with van der Waals surface area (Å²) in [5.41, 5.74) is 0. The second-order valence-corrected chi connectivity index (χ2v) is 7.62. The smallest absolute Gasteiger partial charge is 0.223 e. The number of sulfonamides is 1. The van der Waals surface area contributed by atoms with E-state index >= 15 is 0 Å². The van der Waals surface area contributed by atoms with Crippen molar-refractivity contribution in [2.24, 2.45) is 5.92 Å². The van der Waals surface area contributed by atoms with E-state index in [-0.39, 0.29) is 11.8 Å². The Bertz CT molecular complexity index is 389. The van der Waals surface area contributed by atoms with E-state index in [2.05, 4.69) is 5.32 Å². The van der Waals surface area contributed by atoms with E-state index in [1.165, 1.54) is 17.0 Å². The number of nitrogens with zero attached hydrogens (tertiary/aromatic N) is 1. The lowest BCUT2D eigenvalue weighted by atomic mass is 9.89. The lowest BCUT2D eigenvalue weighted by molar-refractivity contribution is -0.125. The molecule has 0 radical (unpaired) electrons. The van der Waals surface area contributed by atoms with E-state index in [0.717, 1.165) is 38.5 Å². The van der Waals surface area contributed by atoms with E-state index in [9.17, 15) is 13.2 Å². The summed E-state index contributed by atoms with van der Waals surface area (Å²) < 4.78 is 24.7. The van der Waals surface area contributed by atoms with Crippen LogP contribution in [0.2, 0.25) is 0 Å². The summed E-state index contributed by atoms with van der Waals surface area (Å²) in [5.74, 6) is 0.222. The van der Waals surface area contributed by atoms with Crippen LogP contribution in [-0.2, 0) is 14.8 Å². The van der Waals surface area contributed by atoms with Gasteiger partial charge in [-0.3, -0.25) is 4.79 Å². The molecule has 0 saturated heterocycles. The van der Waals surface area contributed by atoms with Gasteiger partial charge >= 0.3 is 0 Å². The van der Waals surface area contributed by atoms with Gasteiger partial charge in [-0.1, -0.05) is 32.6 Å². The Morgan fingerprint density at radius 3 is 2.40 bits per heavy atom. The molecule has 1 amide bonds. The Labute approximate surface area is 123 Å². The largest absolute Gasteiger partial charge is 0.355 e. The Morgan fingerprint density at radius 1 is 1.20 bits per heavy atom. The van der Waals surface area contributed by atoms with Crippen LogP contribution in [0.4, 0.5) is 0 Å². The average molecular weight is 304 g/mol. The third-order valence-corrected chi connectivity index (χ3v) is 5.17. The van der Waals surface area contributed by atoms with Crippen molar-refractivity contribution < 1.29 is 13.2 Å². The molecule has 0 aromatic carbocycles. The molecule has 0 atom stereocenters. The van der Waals surface area contributed by atoms with Crippen molar-refractivity contribution in [1.29, 1.82) is 0 Å². The lowest BCUT2D eigenvalue weighted by Crippen LogP contribution is -2.40. The van der Waals surface area contributed by atoms with Crippen LogP contribution in [0.5, 0.6) is 0 Å². The van der Waals surface area contributed by atoms with Gasteiger partial charge in [-0.05, 0) is 19.3 Å². The van der Waals surface area contributed by atoms with E-state index in [1.807, 2.05) is 6.92 Å². The van der Waals surface area contributed by atoms with Crippen molar-refractivity contribution in [3.63, 3.8) is 0 Å². The first-order valence-electron chi connectivity index (χ1n) is 7.68. The third-order valence-electron chi connectivity index (χ3n) is 3.87. The fraction of sp³-hybridized carbons (Fsp3) is 0.929. The molecule has 0 spiro atoms. The molecule has 6 heteroatoms. The van der Waals surface area contributed by atoms with Gasteiger partial charge in [0.2, 0.25) is 15.9 Å². The molecule has 0 unspecified atom stereocenters. The molecular weight excluding hydrogens is 276 g/mol. The highest BCUT2D eigenvalue weighted by Crippen LogP contribution is 2.23. The Balaban J connectivity index is 2.34. The zero-order chi connectivity index (χ0) is 15.0. The van der Waals surface area contributed by atoms with Crippen molar-refractivity contribution in [3.05, 3.63) is 0 Å². The molecule has 1 N–H and O–H groups in total. The molecule has 20 heavy (non-hydrogen) atoms. The van der Waals surface area contributed by atoms with Gasteiger partial charge < -0.3 is 5.32 Å². The monoisotopic (exact) mass is 304 g/mol. The predicted octanol–water partition coefficient (Wildman–Crippen LogP) is 1.74. The highest BCUT2D eigenvalue weighted by Gasteiger charge is 2.21. The zero-order valence-corrected chi connectivity index (χ0v) is 13.5. The third kappa shape index (κ3) is 6.22. The number of amides is 1. The quantitative estimate of drug-likeness (QED) is 0.743. The van der Waals surface area contributed by atoms with Crippen LogP contribution >= 0.6 is 0 Å². The first kappa shape index (κ1) is 17.4. The van der Waals surface area contributed by atoms with Crippen molar-refractivity contribution >= 4 is 15.9 Å². The molecule has 1 fully saturated rings. The fourth-order valence-electron chi connectivity index (χ4n) is 2.59. The van der Waals surface area contributed by atoms with Crippen LogP contribution in [0.3, 0.4) is 0 Å². The molecule has 1 rings (SSSR count). The van der Waals surface area contributed by atoms with Crippen LogP contribution in [0.25, 0.3) is 0 Å². The Kier molecular flexibility index (Phi) is 7.51. The normalized spacial score (nSPS) is 17.4. The lowest BCUT2D eigenvalue weighted by Gasteiger charge is -2.23. The number of hydrogen-bond acceptors (Lipinski definition) is 3. The molecule has 0 bridgehead atoms. The van der Waals surface area contributed by atoms with Gasteiger partial charge in [0.25, 0.3) is 0 Å². The van der Waals surface area contributed by atoms with E-state index in [0.29, 0.717) is 19.6 Å². The summed E-state index contributed by atoms with van der Waals surface area (Å²) >= 11 is 0. The molecule has 1 saturated carbocycles. The number of carbonyl (C=O) groups is 1. The summed E-state index contributed by atoms with van der Waals surface area (Å²) in [4.78, 5) is 12.0. The SMILES string of the molecule is CCCCN(CCNC(=O)C1CCCCC1)S(C)(=O)=O. The standard InChI is InChI=1S/C14H28N2O3S/c1-3-4-11-16(20(2,18)19)12-10-15-14(17)13-8-6-5-7-9-13/h13H,3-12H2,1-2H3,(H,15,17). The van der Waals surface area contributed by atoms with Crippen molar-refractivity contribution in [3.8, 4) is 0 Å². The zero-order valence-electron chi connectivity index (χ0n) is 12.7. The summed E-state index contributed by atoms with van der Waals surface area (Å²) in [6.45, 7) is 3.35. The minimum atomic E-state index is -3.18. The first-order chi connectivity index (χ1) is 9.45. The molecule has 118 valence electrons. The minimum absolute atomic E-state index is 0.0913. The highest BCUT2D eigenvalue weighted by molar-refractivity contribution is 7.88. The number of hydrogen-bond donors (Lipinski definition) is 1. The van der Waals surface area contributed by atoms with E-state index in [1.54, 1.807) is 0 Å². The molecule has 5 nitrogen and oxygen atoms in total. The van der Waals surface area contributed by atoms with Gasteiger partial charge in [-0.15, -0.1) is 0 Å². The maximum absolute atomic E-state index is 12.0. The maximum atomic E-state index is 12.0. The molecule has 0 aromatic rings. The fourth-order valence-corrected chi connectivity index (χ4v) is 3.47. The van der Waals surface area contributed by atoms with Crippen molar-refractivity contribution in [1.82, 2.24) is 9.62 Å². The van der Waals surface area contributed by atoms with Gasteiger partial charge in [0.15, 0.2) is 0 Å².